The summed E-state index contributed by atoms with van der Waals surface area (Å²) in [4.78, 5) is 4.51. The number of nitrogens with one attached hydrogen (secondary N) is 1. The molecule has 0 bridgehead atoms. The van der Waals surface area contributed by atoms with Crippen LogP contribution in [0.25, 0.3) is 0 Å². The average molecular weight is 338 g/mol. The van der Waals surface area contributed by atoms with Gasteiger partial charge in [-0.2, -0.15) is 10.5 Å². The van der Waals surface area contributed by atoms with Crippen molar-refractivity contribution in [3.63, 3.8) is 0 Å². The third kappa shape index (κ3) is 3.59. The third-order valence-corrected chi connectivity index (χ3v) is 4.48. The molecule has 0 saturated heterocycles. The highest BCUT2D eigenvalue weighted by atomic mass is 16.5. The van der Waals surface area contributed by atoms with E-state index in [-0.39, 0.29) is 23.4 Å². The van der Waals surface area contributed by atoms with Crippen molar-refractivity contribution in [3.05, 3.63) is 35.2 Å². The highest BCUT2D eigenvalue weighted by Crippen LogP contribution is 2.31. The van der Waals surface area contributed by atoms with Crippen LogP contribution in [-0.4, -0.2) is 26.0 Å². The zero-order valence-electron chi connectivity index (χ0n) is 15.0. The lowest BCUT2D eigenvalue weighted by Crippen LogP contribution is -2.45. The molecule has 6 nitrogen and oxygen atoms in total. The van der Waals surface area contributed by atoms with E-state index in [1.54, 1.807) is 14.2 Å². The number of benzene rings is 1. The van der Waals surface area contributed by atoms with Gasteiger partial charge in [0.15, 0.2) is 22.9 Å². The molecular weight excluding hydrogens is 316 g/mol. The van der Waals surface area contributed by atoms with Crippen LogP contribution < -0.4 is 14.8 Å². The molecule has 1 aliphatic rings. The molecule has 2 rings (SSSR count). The molecule has 0 radical (unpaired) electrons. The van der Waals surface area contributed by atoms with Gasteiger partial charge in [-0.25, -0.2) is 4.99 Å². The predicted octanol–water partition coefficient (Wildman–Crippen LogP) is 3.16. The summed E-state index contributed by atoms with van der Waals surface area (Å²) >= 11 is 0. The van der Waals surface area contributed by atoms with E-state index in [9.17, 15) is 10.5 Å². The number of nitrogens with zero attached hydrogens (tertiary/aromatic N) is 3. The summed E-state index contributed by atoms with van der Waals surface area (Å²) in [6, 6.07) is 9.46. The number of rotatable bonds is 6. The first-order valence-corrected chi connectivity index (χ1v) is 8.25. The molecule has 1 aromatic rings. The van der Waals surface area contributed by atoms with Crippen LogP contribution in [0, 0.1) is 28.6 Å². The molecule has 6 heteroatoms. The molecule has 1 N–H and O–H groups in total. The number of hydrogen-bond acceptors (Lipinski definition) is 6. The van der Waals surface area contributed by atoms with Crippen molar-refractivity contribution in [2.24, 2.45) is 10.9 Å². The van der Waals surface area contributed by atoms with Gasteiger partial charge < -0.3 is 14.8 Å². The van der Waals surface area contributed by atoms with E-state index in [1.165, 1.54) is 0 Å². The maximum Gasteiger partial charge on any atom is 0.174 e. The fraction of sp³-hybridized carbons (Fsp3) is 0.421. The Hall–Kier alpha value is -2.99. The minimum atomic E-state index is -0.139. The Morgan fingerprint density at radius 2 is 1.80 bits per heavy atom. The van der Waals surface area contributed by atoms with Gasteiger partial charge in [-0.05, 0) is 24.1 Å². The lowest BCUT2D eigenvalue weighted by atomic mass is 9.86. The highest BCUT2D eigenvalue weighted by Gasteiger charge is 2.31. The topological polar surface area (TPSA) is 90.4 Å². The molecule has 1 heterocycles. The van der Waals surface area contributed by atoms with Crippen molar-refractivity contribution in [1.82, 2.24) is 5.32 Å². The van der Waals surface area contributed by atoms with Crippen molar-refractivity contribution >= 4 is 5.71 Å². The van der Waals surface area contributed by atoms with Crippen LogP contribution in [0.5, 0.6) is 11.5 Å². The molecule has 1 aromatic carbocycles. The van der Waals surface area contributed by atoms with E-state index < -0.39 is 0 Å². The van der Waals surface area contributed by atoms with Crippen LogP contribution in [0.15, 0.2) is 34.6 Å². The molecule has 130 valence electrons. The monoisotopic (exact) mass is 338 g/mol. The van der Waals surface area contributed by atoms with Crippen LogP contribution in [0.3, 0.4) is 0 Å². The predicted molar refractivity (Wildman–Crippen MR) is 95.3 cm³/mol. The summed E-state index contributed by atoms with van der Waals surface area (Å²) in [5, 5.41) is 21.9. The van der Waals surface area contributed by atoms with Gasteiger partial charge in [-0.15, -0.1) is 0 Å². The summed E-state index contributed by atoms with van der Waals surface area (Å²) in [5.41, 5.74) is 1.91. The molecule has 1 aliphatic heterocycles. The number of methoxy groups -OCH3 is 2. The summed E-state index contributed by atoms with van der Waals surface area (Å²) in [6.45, 7) is 4.22. The van der Waals surface area contributed by atoms with Gasteiger partial charge in [0.05, 0.1) is 26.0 Å². The number of allylic oxidation sites excluding steroid dienone is 2. The Kier molecular flexibility index (Phi) is 6.03. The zero-order chi connectivity index (χ0) is 18.4. The van der Waals surface area contributed by atoms with Crippen molar-refractivity contribution in [3.8, 4) is 23.6 Å². The van der Waals surface area contributed by atoms with E-state index in [0.29, 0.717) is 11.5 Å². The molecule has 0 aromatic heterocycles. The maximum absolute atomic E-state index is 9.33. The van der Waals surface area contributed by atoms with Gasteiger partial charge in [0.2, 0.25) is 0 Å². The normalized spacial score (nSPS) is 16.6. The molecule has 0 fully saturated rings. The van der Waals surface area contributed by atoms with Crippen molar-refractivity contribution in [2.45, 2.75) is 32.7 Å². The van der Waals surface area contributed by atoms with Crippen LogP contribution in [0.1, 0.15) is 32.3 Å². The maximum atomic E-state index is 9.33. The standard InChI is InChI=1S/C19H22N4O2/c1-5-12(6-2)18-19(23-15(11-21)14(10-20)22-18)13-7-8-16(24-3)17(9-13)25-4/h7-9,12,18,22H,5-6H2,1-4H3. The smallest absolute Gasteiger partial charge is 0.174 e. The molecule has 0 amide bonds. The fourth-order valence-corrected chi connectivity index (χ4v) is 3.05. The minimum Gasteiger partial charge on any atom is -0.493 e. The lowest BCUT2D eigenvalue weighted by Gasteiger charge is -2.31. The minimum absolute atomic E-state index is 0.106. The Labute approximate surface area is 148 Å². The van der Waals surface area contributed by atoms with E-state index >= 15 is 0 Å². The van der Waals surface area contributed by atoms with Crippen LogP contribution in [0.2, 0.25) is 0 Å². The molecule has 0 spiro atoms. The first kappa shape index (κ1) is 18.4. The van der Waals surface area contributed by atoms with E-state index in [0.717, 1.165) is 24.1 Å². The molecular formula is C19H22N4O2. The van der Waals surface area contributed by atoms with E-state index in [4.69, 9.17) is 9.47 Å². The van der Waals surface area contributed by atoms with Gasteiger partial charge in [-0.3, -0.25) is 0 Å². The van der Waals surface area contributed by atoms with Gasteiger partial charge >= 0.3 is 0 Å². The molecule has 25 heavy (non-hydrogen) atoms. The number of ether oxygens (including phenoxy) is 2. The second kappa shape index (κ2) is 8.21. The number of hydrogen-bond donors (Lipinski definition) is 1. The van der Waals surface area contributed by atoms with E-state index in [2.05, 4.69) is 24.2 Å². The Bertz CT molecular complexity index is 780. The molecule has 0 aliphatic carbocycles. The van der Waals surface area contributed by atoms with Crippen LogP contribution in [-0.2, 0) is 0 Å². The van der Waals surface area contributed by atoms with Crippen molar-refractivity contribution < 1.29 is 9.47 Å². The summed E-state index contributed by atoms with van der Waals surface area (Å²) in [5.74, 6) is 1.51. The number of nitriles is 2. The Morgan fingerprint density at radius 3 is 2.32 bits per heavy atom. The Morgan fingerprint density at radius 1 is 1.12 bits per heavy atom. The largest absolute Gasteiger partial charge is 0.493 e. The van der Waals surface area contributed by atoms with Gasteiger partial charge in [0.25, 0.3) is 0 Å². The average Bonchev–Trinajstić information content (AvgIpc) is 2.67. The fourth-order valence-electron chi connectivity index (χ4n) is 3.05. The Balaban J connectivity index is 2.60. The summed E-state index contributed by atoms with van der Waals surface area (Å²) in [7, 11) is 3.16. The highest BCUT2D eigenvalue weighted by molar-refractivity contribution is 6.06. The first-order valence-electron chi connectivity index (χ1n) is 8.25. The molecule has 0 saturated carbocycles. The van der Waals surface area contributed by atoms with Gasteiger partial charge in [0.1, 0.15) is 12.1 Å². The number of aliphatic imine (C=N–C) groups is 1. The lowest BCUT2D eigenvalue weighted by molar-refractivity contribution is 0.355. The quantitative estimate of drug-likeness (QED) is 0.860. The summed E-state index contributed by atoms with van der Waals surface area (Å²) < 4.78 is 10.7. The van der Waals surface area contributed by atoms with Crippen LogP contribution in [0.4, 0.5) is 0 Å². The molecule has 1 unspecified atom stereocenters. The SMILES string of the molecule is CCC(CC)C1NC(C#N)=C(C#N)N=C1c1ccc(OC)c(OC)c1. The van der Waals surface area contributed by atoms with E-state index in [1.807, 2.05) is 30.3 Å². The zero-order valence-corrected chi connectivity index (χ0v) is 15.0. The summed E-state index contributed by atoms with van der Waals surface area (Å²) in [6.07, 6.45) is 1.86. The molecule has 1 atom stereocenters. The van der Waals surface area contributed by atoms with Gasteiger partial charge in [0, 0.05) is 5.56 Å². The van der Waals surface area contributed by atoms with Gasteiger partial charge in [-0.1, -0.05) is 26.7 Å². The second-order valence-corrected chi connectivity index (χ2v) is 5.71. The van der Waals surface area contributed by atoms with Crippen molar-refractivity contribution in [1.29, 1.82) is 10.5 Å². The third-order valence-electron chi connectivity index (χ3n) is 4.48. The first-order chi connectivity index (χ1) is 12.1. The van der Waals surface area contributed by atoms with Crippen LogP contribution >= 0.6 is 0 Å². The second-order valence-electron chi connectivity index (χ2n) is 5.71. The van der Waals surface area contributed by atoms with Crippen molar-refractivity contribution in [2.75, 3.05) is 14.2 Å².